The van der Waals surface area contributed by atoms with E-state index in [0.717, 1.165) is 102 Å². The second-order valence-electron chi connectivity index (χ2n) is 29.5. The molecule has 0 aromatic carbocycles. The second-order valence-corrected chi connectivity index (χ2v) is 32.4. The predicted octanol–water partition coefficient (Wildman–Crippen LogP) is 23.9. The highest BCUT2D eigenvalue weighted by molar-refractivity contribution is 7.47. The van der Waals surface area contributed by atoms with E-state index in [1.54, 1.807) is 0 Å². The number of unbranched alkanes of at least 4 members (excludes halogenated alkanes) is 48. The van der Waals surface area contributed by atoms with E-state index in [9.17, 15) is 43.2 Å². The van der Waals surface area contributed by atoms with Gasteiger partial charge in [0.15, 0.2) is 12.2 Å². The van der Waals surface area contributed by atoms with Gasteiger partial charge < -0.3 is 33.8 Å². The van der Waals surface area contributed by atoms with Gasteiger partial charge in [-0.15, -0.1) is 0 Å². The molecule has 0 fully saturated rings. The number of phosphoric acid groups is 2. The van der Waals surface area contributed by atoms with E-state index in [0.29, 0.717) is 25.7 Å². The maximum atomic E-state index is 13.1. The van der Waals surface area contributed by atoms with Gasteiger partial charge in [0.05, 0.1) is 26.4 Å². The van der Waals surface area contributed by atoms with Crippen LogP contribution < -0.4 is 0 Å². The molecule has 3 unspecified atom stereocenters. The average Bonchev–Trinajstić information content (AvgIpc) is 1.38. The lowest BCUT2D eigenvalue weighted by atomic mass is 9.99. The minimum absolute atomic E-state index is 0.105. The number of aliphatic hydroxyl groups excluding tert-OH is 1. The molecule has 0 bridgehead atoms. The normalized spacial score (nSPS) is 14.2. The molecule has 17 nitrogen and oxygen atoms in total. The van der Waals surface area contributed by atoms with Crippen LogP contribution in [0, 0.1) is 11.8 Å². The van der Waals surface area contributed by atoms with Crippen molar-refractivity contribution in [3.63, 3.8) is 0 Å². The van der Waals surface area contributed by atoms with E-state index in [1.165, 1.54) is 238 Å². The minimum Gasteiger partial charge on any atom is -0.462 e. The van der Waals surface area contributed by atoms with Crippen LogP contribution in [0.1, 0.15) is 420 Å². The Morgan fingerprint density at radius 1 is 0.293 bits per heavy atom. The van der Waals surface area contributed by atoms with Crippen LogP contribution in [0.5, 0.6) is 0 Å². The van der Waals surface area contributed by atoms with Gasteiger partial charge in [-0.2, -0.15) is 0 Å². The Balaban J connectivity index is 5.20. The van der Waals surface area contributed by atoms with Crippen LogP contribution in [-0.2, 0) is 65.4 Å². The maximum absolute atomic E-state index is 13.1. The number of hydrogen-bond acceptors (Lipinski definition) is 15. The maximum Gasteiger partial charge on any atom is 0.472 e. The summed E-state index contributed by atoms with van der Waals surface area (Å²) < 4.78 is 68.6. The molecule has 99 heavy (non-hydrogen) atoms. The summed E-state index contributed by atoms with van der Waals surface area (Å²) in [5.41, 5.74) is 0. The van der Waals surface area contributed by atoms with E-state index in [2.05, 4.69) is 41.5 Å². The molecule has 0 aliphatic rings. The molecular weight excluding hydrogens is 1290 g/mol. The molecule has 0 aliphatic carbocycles. The molecule has 6 atom stereocenters. The zero-order valence-electron chi connectivity index (χ0n) is 64.8. The van der Waals surface area contributed by atoms with Crippen LogP contribution in [0.25, 0.3) is 0 Å². The Morgan fingerprint density at radius 3 is 0.768 bits per heavy atom. The van der Waals surface area contributed by atoms with Gasteiger partial charge in [-0.25, -0.2) is 9.13 Å². The van der Waals surface area contributed by atoms with Gasteiger partial charge in [-0.05, 0) is 37.5 Å². The first kappa shape index (κ1) is 97.1. The number of ether oxygens (including phenoxy) is 4. The SMILES string of the molecule is CCCCCCCCCCCCCCCCCCCCCCCCC(=O)O[C@H](COC(=O)CCCCCCCCCCCCCCC(C)C)COP(=O)(O)OC[C@@H](O)COP(=O)(O)OC[C@@H](COC(=O)CCCCCCCCCCCC)OC(=O)CCCCCCCCCCC(C)CC. The fourth-order valence-corrected chi connectivity index (χ4v) is 13.9. The highest BCUT2D eigenvalue weighted by Crippen LogP contribution is 2.45. The molecule has 3 N–H and O–H groups in total. The average molecular weight is 1450 g/mol. The molecule has 0 heterocycles. The van der Waals surface area contributed by atoms with Crippen molar-refractivity contribution in [2.24, 2.45) is 11.8 Å². The Morgan fingerprint density at radius 2 is 0.515 bits per heavy atom. The smallest absolute Gasteiger partial charge is 0.462 e. The van der Waals surface area contributed by atoms with E-state index < -0.39 is 97.5 Å². The summed E-state index contributed by atoms with van der Waals surface area (Å²) >= 11 is 0. The zero-order valence-corrected chi connectivity index (χ0v) is 66.6. The van der Waals surface area contributed by atoms with Gasteiger partial charge in [0.2, 0.25) is 0 Å². The third kappa shape index (κ3) is 72.8. The van der Waals surface area contributed by atoms with Crippen LogP contribution in [0.15, 0.2) is 0 Å². The summed E-state index contributed by atoms with van der Waals surface area (Å²) in [5.74, 6) is -0.562. The van der Waals surface area contributed by atoms with Gasteiger partial charge >= 0.3 is 39.5 Å². The highest BCUT2D eigenvalue weighted by atomic mass is 31.2. The third-order valence-electron chi connectivity index (χ3n) is 19.1. The Kier molecular flexibility index (Phi) is 70.3. The van der Waals surface area contributed by atoms with Crippen molar-refractivity contribution in [2.75, 3.05) is 39.6 Å². The van der Waals surface area contributed by atoms with E-state index in [1.807, 2.05) is 0 Å². The van der Waals surface area contributed by atoms with E-state index in [-0.39, 0.29) is 25.7 Å². The molecule has 0 radical (unpaired) electrons. The summed E-state index contributed by atoms with van der Waals surface area (Å²) in [4.78, 5) is 72.9. The van der Waals surface area contributed by atoms with Gasteiger partial charge in [0.1, 0.15) is 19.3 Å². The summed E-state index contributed by atoms with van der Waals surface area (Å²) in [7, 11) is -9.92. The third-order valence-corrected chi connectivity index (χ3v) is 21.0. The number of esters is 4. The molecular formula is C80H156O17P2. The quantitative estimate of drug-likeness (QED) is 0.0222. The van der Waals surface area contributed by atoms with E-state index in [4.69, 9.17) is 37.0 Å². The van der Waals surface area contributed by atoms with Crippen LogP contribution >= 0.6 is 15.6 Å². The number of phosphoric ester groups is 2. The van der Waals surface area contributed by atoms with Gasteiger partial charge in [0.25, 0.3) is 0 Å². The standard InChI is InChI=1S/C80H156O17P2/c1-7-10-12-14-16-18-20-21-22-23-24-25-26-27-28-29-30-35-39-46-52-58-64-79(84)96-75(68-91-78(83)63-57-51-45-38-34-32-31-33-36-42-48-54-60-72(4)5)70-94-98(86,87)92-66-74(81)67-93-99(88,89)95-71-76(69-90-77(82)62-56-50-44-37-19-17-15-13-11-8-2)97-80(85)65-59-53-47-41-40-43-49-55-61-73(6)9-3/h72-76,81H,7-71H2,1-6H3,(H,86,87)(H,88,89)/t73?,74-,75-,76-/m1/s1. The summed E-state index contributed by atoms with van der Waals surface area (Å²) in [6, 6.07) is 0. The van der Waals surface area contributed by atoms with Crippen molar-refractivity contribution in [3.05, 3.63) is 0 Å². The Bertz CT molecular complexity index is 1910. The van der Waals surface area contributed by atoms with Crippen LogP contribution in [0.4, 0.5) is 0 Å². The minimum atomic E-state index is -4.96. The fourth-order valence-electron chi connectivity index (χ4n) is 12.3. The lowest BCUT2D eigenvalue weighted by Gasteiger charge is -2.21. The van der Waals surface area contributed by atoms with Crippen molar-refractivity contribution in [2.45, 2.75) is 439 Å². The summed E-state index contributed by atoms with van der Waals surface area (Å²) in [6.45, 7) is 9.62. The predicted molar refractivity (Wildman–Crippen MR) is 405 cm³/mol. The summed E-state index contributed by atoms with van der Waals surface area (Å²) in [6.07, 6.45) is 61.1. The second kappa shape index (κ2) is 71.7. The molecule has 0 rings (SSSR count). The largest absolute Gasteiger partial charge is 0.472 e. The molecule has 0 spiro atoms. The number of hydrogen-bond donors (Lipinski definition) is 3. The molecule has 0 saturated heterocycles. The number of carbonyl (C=O) groups is 4. The molecule has 0 aromatic heterocycles. The van der Waals surface area contributed by atoms with Crippen molar-refractivity contribution >= 4 is 39.5 Å². The number of carbonyl (C=O) groups excluding carboxylic acids is 4. The number of aliphatic hydroxyl groups is 1. The van der Waals surface area contributed by atoms with Crippen molar-refractivity contribution in [1.82, 2.24) is 0 Å². The lowest BCUT2D eigenvalue weighted by Crippen LogP contribution is -2.30. The highest BCUT2D eigenvalue weighted by Gasteiger charge is 2.30. The van der Waals surface area contributed by atoms with Crippen molar-refractivity contribution in [1.29, 1.82) is 0 Å². The first-order valence-electron chi connectivity index (χ1n) is 41.5. The van der Waals surface area contributed by atoms with Gasteiger partial charge in [-0.1, -0.05) is 369 Å². The molecule has 0 aliphatic heterocycles. The fraction of sp³-hybridized carbons (Fsp3) is 0.950. The van der Waals surface area contributed by atoms with Crippen molar-refractivity contribution < 1.29 is 80.2 Å². The Hall–Kier alpha value is -1.94. The monoisotopic (exact) mass is 1450 g/mol. The number of rotatable bonds is 79. The lowest BCUT2D eigenvalue weighted by molar-refractivity contribution is -0.161. The topological polar surface area (TPSA) is 237 Å². The molecule has 0 aromatic rings. The van der Waals surface area contributed by atoms with Gasteiger partial charge in [-0.3, -0.25) is 37.3 Å². The molecule has 19 heteroatoms. The first-order valence-corrected chi connectivity index (χ1v) is 44.5. The summed E-state index contributed by atoms with van der Waals surface area (Å²) in [5, 5.41) is 10.6. The van der Waals surface area contributed by atoms with Crippen LogP contribution in [-0.4, -0.2) is 96.7 Å². The van der Waals surface area contributed by atoms with Crippen molar-refractivity contribution in [3.8, 4) is 0 Å². The molecule has 0 amide bonds. The molecule has 0 saturated carbocycles. The van der Waals surface area contributed by atoms with Gasteiger partial charge in [0, 0.05) is 25.7 Å². The van der Waals surface area contributed by atoms with Crippen LogP contribution in [0.3, 0.4) is 0 Å². The molecule has 588 valence electrons. The van der Waals surface area contributed by atoms with E-state index >= 15 is 0 Å². The first-order chi connectivity index (χ1) is 47.9. The Labute approximate surface area is 607 Å². The zero-order chi connectivity index (χ0) is 72.8. The van der Waals surface area contributed by atoms with Crippen LogP contribution in [0.2, 0.25) is 0 Å².